The Labute approximate surface area is 153 Å². The van der Waals surface area contributed by atoms with E-state index in [1.165, 1.54) is 5.56 Å². The molecule has 1 aromatic carbocycles. The maximum atomic E-state index is 11.9. The molecular formula is C21H24N2O3. The van der Waals surface area contributed by atoms with Crippen LogP contribution in [0.1, 0.15) is 37.6 Å². The predicted molar refractivity (Wildman–Crippen MR) is 100 cm³/mol. The normalized spacial score (nSPS) is 11.5. The summed E-state index contributed by atoms with van der Waals surface area (Å²) in [5.41, 5.74) is 3.96. The van der Waals surface area contributed by atoms with E-state index < -0.39 is 5.97 Å². The lowest BCUT2D eigenvalue weighted by Crippen LogP contribution is -2.15. The number of aromatic nitrogens is 2. The molecule has 0 aliphatic rings. The molecular weight excluding hydrogens is 328 g/mol. The Morgan fingerprint density at radius 3 is 2.54 bits per heavy atom. The monoisotopic (exact) mass is 352 g/mol. The first-order chi connectivity index (χ1) is 12.3. The summed E-state index contributed by atoms with van der Waals surface area (Å²) in [6.07, 6.45) is 3.78. The summed E-state index contributed by atoms with van der Waals surface area (Å²) in [5.74, 6) is 0.233. The van der Waals surface area contributed by atoms with Crippen LogP contribution in [0.3, 0.4) is 0 Å². The largest absolute Gasteiger partial charge is 0.482 e. The highest BCUT2D eigenvalue weighted by Gasteiger charge is 2.13. The molecule has 0 bridgehead atoms. The van der Waals surface area contributed by atoms with Crippen molar-refractivity contribution in [1.29, 1.82) is 0 Å². The molecule has 0 aliphatic carbocycles. The minimum Gasteiger partial charge on any atom is -0.482 e. The summed E-state index contributed by atoms with van der Waals surface area (Å²) < 4.78 is 12.7. The van der Waals surface area contributed by atoms with Crippen molar-refractivity contribution in [3.8, 4) is 5.75 Å². The summed E-state index contributed by atoms with van der Waals surface area (Å²) in [6, 6.07) is 11.7. The quantitative estimate of drug-likeness (QED) is 0.650. The van der Waals surface area contributed by atoms with Crippen molar-refractivity contribution in [1.82, 2.24) is 9.38 Å². The number of pyridine rings is 1. The highest BCUT2D eigenvalue weighted by atomic mass is 16.6. The lowest BCUT2D eigenvalue weighted by Gasteiger charge is -2.19. The molecule has 0 fully saturated rings. The smallest absolute Gasteiger partial charge is 0.344 e. The van der Waals surface area contributed by atoms with Gasteiger partial charge in [0.1, 0.15) is 18.0 Å². The van der Waals surface area contributed by atoms with Crippen LogP contribution in [0.15, 0.2) is 48.8 Å². The van der Waals surface area contributed by atoms with Gasteiger partial charge in [-0.25, -0.2) is 9.78 Å². The summed E-state index contributed by atoms with van der Waals surface area (Å²) in [7, 11) is 0. The standard InChI is InChI=1S/C21H24N2O3/c1-15-6-5-11-23-12-17(22-20(15)23)13-26-19(24)14-25-18-9-7-16(8-10-18)21(2,3)4/h5-12H,13-14H2,1-4H3. The van der Waals surface area contributed by atoms with Crippen molar-refractivity contribution in [2.24, 2.45) is 0 Å². The Morgan fingerprint density at radius 2 is 1.88 bits per heavy atom. The van der Waals surface area contributed by atoms with Gasteiger partial charge < -0.3 is 13.9 Å². The van der Waals surface area contributed by atoms with Crippen LogP contribution >= 0.6 is 0 Å². The fraction of sp³-hybridized carbons (Fsp3) is 0.333. The van der Waals surface area contributed by atoms with E-state index in [0.717, 1.165) is 11.2 Å². The van der Waals surface area contributed by atoms with Gasteiger partial charge in [-0.05, 0) is 41.7 Å². The molecule has 3 aromatic rings. The van der Waals surface area contributed by atoms with Gasteiger partial charge in [-0.15, -0.1) is 0 Å². The number of carbonyl (C=O) groups is 1. The number of ether oxygens (including phenoxy) is 2. The number of nitrogens with zero attached hydrogens (tertiary/aromatic N) is 2. The van der Waals surface area contributed by atoms with E-state index in [-0.39, 0.29) is 18.6 Å². The molecule has 26 heavy (non-hydrogen) atoms. The number of hydrogen-bond acceptors (Lipinski definition) is 4. The van der Waals surface area contributed by atoms with Crippen molar-refractivity contribution in [2.75, 3.05) is 6.61 Å². The Hall–Kier alpha value is -2.82. The highest BCUT2D eigenvalue weighted by Crippen LogP contribution is 2.24. The minimum atomic E-state index is -0.418. The average Bonchev–Trinajstić information content (AvgIpc) is 3.02. The summed E-state index contributed by atoms with van der Waals surface area (Å²) in [4.78, 5) is 16.4. The fourth-order valence-corrected chi connectivity index (χ4v) is 2.66. The first-order valence-corrected chi connectivity index (χ1v) is 8.65. The van der Waals surface area contributed by atoms with Crippen molar-refractivity contribution >= 4 is 11.6 Å². The molecule has 0 spiro atoms. The third-order valence-electron chi connectivity index (χ3n) is 4.19. The molecule has 0 saturated carbocycles. The number of aryl methyl sites for hydroxylation is 1. The molecule has 0 amide bonds. The number of benzene rings is 1. The molecule has 2 heterocycles. The zero-order valence-electron chi connectivity index (χ0n) is 15.7. The lowest BCUT2D eigenvalue weighted by atomic mass is 9.87. The van der Waals surface area contributed by atoms with Gasteiger partial charge >= 0.3 is 5.97 Å². The van der Waals surface area contributed by atoms with Gasteiger partial charge in [0, 0.05) is 12.4 Å². The topological polar surface area (TPSA) is 52.8 Å². The van der Waals surface area contributed by atoms with Crippen LogP contribution in [0, 0.1) is 6.92 Å². The molecule has 0 unspecified atom stereocenters. The van der Waals surface area contributed by atoms with Crippen LogP contribution in [0.5, 0.6) is 5.75 Å². The van der Waals surface area contributed by atoms with Crippen LogP contribution in [0.2, 0.25) is 0 Å². The Bertz CT molecular complexity index is 905. The number of hydrogen-bond donors (Lipinski definition) is 0. The second kappa shape index (κ2) is 7.20. The van der Waals surface area contributed by atoms with Gasteiger partial charge in [0.25, 0.3) is 0 Å². The first-order valence-electron chi connectivity index (χ1n) is 8.65. The van der Waals surface area contributed by atoms with Crippen molar-refractivity contribution < 1.29 is 14.3 Å². The zero-order valence-corrected chi connectivity index (χ0v) is 15.7. The molecule has 0 N–H and O–H groups in total. The van der Waals surface area contributed by atoms with Crippen LogP contribution < -0.4 is 4.74 Å². The van der Waals surface area contributed by atoms with E-state index in [2.05, 4.69) is 25.8 Å². The zero-order chi connectivity index (χ0) is 18.7. The molecule has 5 nitrogen and oxygen atoms in total. The van der Waals surface area contributed by atoms with Crippen molar-refractivity contribution in [3.05, 3.63) is 65.6 Å². The third-order valence-corrected chi connectivity index (χ3v) is 4.19. The van der Waals surface area contributed by atoms with Crippen molar-refractivity contribution in [2.45, 2.75) is 39.7 Å². The van der Waals surface area contributed by atoms with Crippen LogP contribution in [0.4, 0.5) is 0 Å². The molecule has 0 radical (unpaired) electrons. The number of fused-ring (bicyclic) bond motifs is 1. The van der Waals surface area contributed by atoms with E-state index in [0.29, 0.717) is 11.4 Å². The molecule has 0 aliphatic heterocycles. The van der Waals surface area contributed by atoms with E-state index in [9.17, 15) is 4.79 Å². The van der Waals surface area contributed by atoms with Gasteiger partial charge in [-0.1, -0.05) is 39.0 Å². The molecule has 0 atom stereocenters. The van der Waals surface area contributed by atoms with Crippen LogP contribution in [0.25, 0.3) is 5.65 Å². The molecule has 136 valence electrons. The SMILES string of the molecule is Cc1cccn2cc(COC(=O)COc3ccc(C(C)(C)C)cc3)nc12. The maximum absolute atomic E-state index is 11.9. The first kappa shape index (κ1) is 18.0. The predicted octanol–water partition coefficient (Wildman–Crippen LogP) is 4.06. The second-order valence-electron chi connectivity index (χ2n) is 7.38. The van der Waals surface area contributed by atoms with E-state index >= 15 is 0 Å². The summed E-state index contributed by atoms with van der Waals surface area (Å²) in [6.45, 7) is 8.47. The van der Waals surface area contributed by atoms with Crippen LogP contribution in [-0.2, 0) is 21.6 Å². The average molecular weight is 352 g/mol. The third kappa shape index (κ3) is 4.23. The Kier molecular flexibility index (Phi) is 4.98. The van der Waals surface area contributed by atoms with Gasteiger partial charge in [-0.2, -0.15) is 0 Å². The van der Waals surface area contributed by atoms with Gasteiger partial charge in [0.05, 0.1) is 5.69 Å². The Balaban J connectivity index is 1.51. The minimum absolute atomic E-state index is 0.0872. The summed E-state index contributed by atoms with van der Waals surface area (Å²) in [5, 5.41) is 0. The number of esters is 1. The van der Waals surface area contributed by atoms with Crippen molar-refractivity contribution in [3.63, 3.8) is 0 Å². The number of carbonyl (C=O) groups excluding carboxylic acids is 1. The highest BCUT2D eigenvalue weighted by molar-refractivity contribution is 5.71. The van der Waals surface area contributed by atoms with E-state index in [1.807, 2.05) is 60.1 Å². The van der Waals surface area contributed by atoms with Gasteiger partial charge in [0.2, 0.25) is 0 Å². The molecule has 2 aromatic heterocycles. The number of rotatable bonds is 5. The van der Waals surface area contributed by atoms with E-state index in [1.54, 1.807) is 0 Å². The van der Waals surface area contributed by atoms with Crippen LogP contribution in [-0.4, -0.2) is 22.0 Å². The molecule has 5 heteroatoms. The maximum Gasteiger partial charge on any atom is 0.344 e. The molecule has 3 rings (SSSR count). The Morgan fingerprint density at radius 1 is 1.15 bits per heavy atom. The lowest BCUT2D eigenvalue weighted by molar-refractivity contribution is -0.147. The van der Waals surface area contributed by atoms with E-state index in [4.69, 9.17) is 9.47 Å². The van der Waals surface area contributed by atoms with Gasteiger partial charge in [-0.3, -0.25) is 0 Å². The van der Waals surface area contributed by atoms with Gasteiger partial charge in [0.15, 0.2) is 6.61 Å². The molecule has 0 saturated heterocycles. The second-order valence-corrected chi connectivity index (χ2v) is 7.38. The summed E-state index contributed by atoms with van der Waals surface area (Å²) >= 11 is 0. The number of imidazole rings is 1. The fourth-order valence-electron chi connectivity index (χ4n) is 2.66.